The predicted octanol–water partition coefficient (Wildman–Crippen LogP) is 4.24. The Hall–Kier alpha value is -2.51. The average Bonchev–Trinajstić information content (AvgIpc) is 3.56. The van der Waals surface area contributed by atoms with Crippen LogP contribution in [0.4, 0.5) is 11.6 Å². The van der Waals surface area contributed by atoms with Crippen LogP contribution in [0, 0.1) is 0 Å². The van der Waals surface area contributed by atoms with E-state index in [2.05, 4.69) is 57.3 Å². The number of hydrogen-bond donors (Lipinski definition) is 0. The molecule has 2 aromatic heterocycles. The number of carbonyl (C=O) groups is 1. The lowest BCUT2D eigenvalue weighted by Crippen LogP contribution is -2.45. The highest BCUT2D eigenvalue weighted by atomic mass is 16.1. The van der Waals surface area contributed by atoms with Crippen molar-refractivity contribution in [3.63, 3.8) is 0 Å². The summed E-state index contributed by atoms with van der Waals surface area (Å²) in [5, 5.41) is 0. The predicted molar refractivity (Wildman–Crippen MR) is 138 cm³/mol. The van der Waals surface area contributed by atoms with Crippen LogP contribution >= 0.6 is 0 Å². The standard InChI is InChI=1S/C27H40N6O/c1-5-30(6-2)25-11-9-17-32(25)23-15-13-21(19-28-23)27(34)22-14-16-24(29-20-22)33-18-10-12-26(33)31(7-3)8-4/h13-16,19-20,25-26H,5-12,17-18H2,1-4H3. The molecule has 2 unspecified atom stereocenters. The normalized spacial score (nSPS) is 20.6. The fourth-order valence-electron chi connectivity index (χ4n) is 5.63. The molecule has 34 heavy (non-hydrogen) atoms. The number of nitrogens with zero attached hydrogens (tertiary/aromatic N) is 6. The molecule has 4 heterocycles. The van der Waals surface area contributed by atoms with Crippen molar-refractivity contribution in [1.82, 2.24) is 19.8 Å². The summed E-state index contributed by atoms with van der Waals surface area (Å²) in [5.41, 5.74) is 1.22. The van der Waals surface area contributed by atoms with Gasteiger partial charge in [-0.05, 0) is 76.1 Å². The summed E-state index contributed by atoms with van der Waals surface area (Å²) in [5.74, 6) is 1.88. The van der Waals surface area contributed by atoms with Gasteiger partial charge in [-0.2, -0.15) is 0 Å². The molecule has 0 aromatic carbocycles. The number of hydrogen-bond acceptors (Lipinski definition) is 7. The first-order valence-corrected chi connectivity index (χ1v) is 13.1. The Morgan fingerprint density at radius 2 is 1.18 bits per heavy atom. The summed E-state index contributed by atoms with van der Waals surface area (Å²) in [6.45, 7) is 15.0. The van der Waals surface area contributed by atoms with Gasteiger partial charge < -0.3 is 9.80 Å². The van der Waals surface area contributed by atoms with Crippen LogP contribution < -0.4 is 9.80 Å². The van der Waals surface area contributed by atoms with E-state index < -0.39 is 0 Å². The van der Waals surface area contributed by atoms with Crippen LogP contribution in [0.3, 0.4) is 0 Å². The number of pyridine rings is 2. The molecule has 4 rings (SSSR count). The lowest BCUT2D eigenvalue weighted by atomic mass is 10.1. The van der Waals surface area contributed by atoms with E-state index in [0.717, 1.165) is 63.7 Å². The summed E-state index contributed by atoms with van der Waals surface area (Å²) < 4.78 is 0. The maximum Gasteiger partial charge on any atom is 0.196 e. The molecule has 2 saturated heterocycles. The first-order chi connectivity index (χ1) is 16.6. The minimum Gasteiger partial charge on any atom is -0.341 e. The molecule has 0 N–H and O–H groups in total. The van der Waals surface area contributed by atoms with Gasteiger partial charge in [0.1, 0.15) is 11.6 Å². The van der Waals surface area contributed by atoms with E-state index in [1.165, 1.54) is 12.8 Å². The molecule has 0 saturated carbocycles. The summed E-state index contributed by atoms with van der Waals surface area (Å²) in [4.78, 5) is 32.2. The fourth-order valence-corrected chi connectivity index (χ4v) is 5.63. The fraction of sp³-hybridized carbons (Fsp3) is 0.593. The van der Waals surface area contributed by atoms with E-state index in [9.17, 15) is 4.79 Å². The minimum atomic E-state index is -0.0264. The van der Waals surface area contributed by atoms with Crippen LogP contribution in [0.2, 0.25) is 0 Å². The van der Waals surface area contributed by atoms with Crippen molar-refractivity contribution in [2.75, 3.05) is 49.1 Å². The van der Waals surface area contributed by atoms with E-state index in [-0.39, 0.29) is 5.78 Å². The van der Waals surface area contributed by atoms with Crippen molar-refractivity contribution in [3.8, 4) is 0 Å². The molecule has 7 nitrogen and oxygen atoms in total. The molecular weight excluding hydrogens is 424 g/mol. The van der Waals surface area contributed by atoms with Crippen LogP contribution in [0.25, 0.3) is 0 Å². The Bertz CT molecular complexity index is 848. The molecule has 0 radical (unpaired) electrons. The van der Waals surface area contributed by atoms with Crippen LogP contribution in [0.1, 0.15) is 69.3 Å². The van der Waals surface area contributed by atoms with Gasteiger partial charge in [-0.15, -0.1) is 0 Å². The highest BCUT2D eigenvalue weighted by molar-refractivity contribution is 6.08. The average molecular weight is 465 g/mol. The van der Waals surface area contributed by atoms with Gasteiger partial charge in [0.05, 0.1) is 12.3 Å². The first-order valence-electron chi connectivity index (χ1n) is 13.1. The summed E-state index contributed by atoms with van der Waals surface area (Å²) in [6, 6.07) is 7.81. The molecule has 7 heteroatoms. The van der Waals surface area contributed by atoms with Crippen LogP contribution in [-0.2, 0) is 0 Å². The second-order valence-electron chi connectivity index (χ2n) is 9.21. The maximum atomic E-state index is 13.1. The number of ketones is 1. The molecule has 2 atom stereocenters. The van der Waals surface area contributed by atoms with Crippen molar-refractivity contribution in [2.24, 2.45) is 0 Å². The van der Waals surface area contributed by atoms with Gasteiger partial charge >= 0.3 is 0 Å². The Balaban J connectivity index is 1.45. The monoisotopic (exact) mass is 464 g/mol. The maximum absolute atomic E-state index is 13.1. The van der Waals surface area contributed by atoms with Gasteiger partial charge in [0.25, 0.3) is 0 Å². The van der Waals surface area contributed by atoms with Crippen molar-refractivity contribution in [2.45, 2.75) is 65.7 Å². The number of aromatic nitrogens is 2. The van der Waals surface area contributed by atoms with Gasteiger partial charge in [0.15, 0.2) is 5.78 Å². The lowest BCUT2D eigenvalue weighted by molar-refractivity contribution is 0.103. The largest absolute Gasteiger partial charge is 0.341 e. The van der Waals surface area contributed by atoms with E-state index in [1.54, 1.807) is 12.4 Å². The second-order valence-corrected chi connectivity index (χ2v) is 9.21. The third-order valence-corrected chi connectivity index (χ3v) is 7.52. The highest BCUT2D eigenvalue weighted by Crippen LogP contribution is 2.28. The molecule has 2 aromatic rings. The zero-order valence-electron chi connectivity index (χ0n) is 21.3. The molecule has 184 valence electrons. The van der Waals surface area contributed by atoms with Crippen LogP contribution in [0.15, 0.2) is 36.7 Å². The Morgan fingerprint density at radius 1 is 0.765 bits per heavy atom. The van der Waals surface area contributed by atoms with E-state index in [1.807, 2.05) is 24.3 Å². The lowest BCUT2D eigenvalue weighted by Gasteiger charge is -2.34. The van der Waals surface area contributed by atoms with Gasteiger partial charge in [-0.3, -0.25) is 14.6 Å². The van der Waals surface area contributed by atoms with Crippen molar-refractivity contribution < 1.29 is 4.79 Å². The van der Waals surface area contributed by atoms with Gasteiger partial charge in [-0.25, -0.2) is 9.97 Å². The highest BCUT2D eigenvalue weighted by Gasteiger charge is 2.30. The van der Waals surface area contributed by atoms with Crippen molar-refractivity contribution in [1.29, 1.82) is 0 Å². The molecule has 2 aliphatic rings. The van der Waals surface area contributed by atoms with Crippen LogP contribution in [0.5, 0.6) is 0 Å². The Labute approximate surface area is 204 Å². The molecule has 0 spiro atoms. The summed E-state index contributed by atoms with van der Waals surface area (Å²) in [6.07, 6.45) is 8.90. The minimum absolute atomic E-state index is 0.0264. The zero-order valence-corrected chi connectivity index (χ0v) is 21.3. The smallest absolute Gasteiger partial charge is 0.196 e. The molecule has 2 aliphatic heterocycles. The van der Waals surface area contributed by atoms with E-state index in [4.69, 9.17) is 0 Å². The Morgan fingerprint density at radius 3 is 1.50 bits per heavy atom. The van der Waals surface area contributed by atoms with Crippen molar-refractivity contribution >= 4 is 17.4 Å². The SMILES string of the molecule is CCN(CC)C1CCCN1c1ccc(C(=O)c2ccc(N3CCCC3N(CC)CC)nc2)cn1. The van der Waals surface area contributed by atoms with E-state index in [0.29, 0.717) is 23.5 Å². The summed E-state index contributed by atoms with van der Waals surface area (Å²) in [7, 11) is 0. The molecule has 0 bridgehead atoms. The summed E-state index contributed by atoms with van der Waals surface area (Å²) >= 11 is 0. The van der Waals surface area contributed by atoms with Crippen LogP contribution in [-0.4, -0.2) is 77.2 Å². The number of carbonyl (C=O) groups excluding carboxylic acids is 1. The Kier molecular flexibility index (Phi) is 8.16. The quantitative estimate of drug-likeness (QED) is 0.487. The zero-order chi connectivity index (χ0) is 24.1. The van der Waals surface area contributed by atoms with Crippen molar-refractivity contribution in [3.05, 3.63) is 47.8 Å². The molecule has 0 aliphatic carbocycles. The van der Waals surface area contributed by atoms with Gasteiger partial charge in [-0.1, -0.05) is 27.7 Å². The second kappa shape index (κ2) is 11.3. The first kappa shape index (κ1) is 24.6. The van der Waals surface area contributed by atoms with E-state index >= 15 is 0 Å². The third-order valence-electron chi connectivity index (χ3n) is 7.52. The molecule has 0 amide bonds. The molecular formula is C27H40N6O. The third kappa shape index (κ3) is 4.96. The topological polar surface area (TPSA) is 55.8 Å². The molecule has 2 fully saturated rings. The van der Waals surface area contributed by atoms with Gasteiger partial charge in [0, 0.05) is 36.6 Å². The number of anilines is 2. The number of rotatable bonds is 10. The van der Waals surface area contributed by atoms with Gasteiger partial charge in [0.2, 0.25) is 0 Å².